The lowest BCUT2D eigenvalue weighted by atomic mass is 10.0. The molecule has 19 heavy (non-hydrogen) atoms. The highest BCUT2D eigenvalue weighted by Crippen LogP contribution is 2.21. The number of nitrogens with one attached hydrogen (secondary N) is 2. The normalized spacial score (nSPS) is 10.9. The predicted molar refractivity (Wildman–Crippen MR) is 75.5 cm³/mol. The summed E-state index contributed by atoms with van der Waals surface area (Å²) in [4.78, 5) is 0. The standard InChI is InChI=1S/C14H20N4O/c1-4-15-9-13-17-18-14(19-13)16-12-7-5-6-11(8-12)10(2)3/h5-8,10,15H,4,9H2,1-3H3,(H,16,18). The second-order valence-electron chi connectivity index (χ2n) is 4.69. The summed E-state index contributed by atoms with van der Waals surface area (Å²) in [7, 11) is 0. The first-order valence-corrected chi connectivity index (χ1v) is 6.59. The number of rotatable bonds is 6. The van der Waals surface area contributed by atoms with E-state index in [-0.39, 0.29) is 0 Å². The zero-order valence-electron chi connectivity index (χ0n) is 11.6. The number of hydrogen-bond acceptors (Lipinski definition) is 5. The summed E-state index contributed by atoms with van der Waals surface area (Å²) in [6, 6.07) is 8.64. The van der Waals surface area contributed by atoms with Crippen molar-refractivity contribution in [3.8, 4) is 0 Å². The molecule has 0 atom stereocenters. The molecule has 0 amide bonds. The Kier molecular flexibility index (Phi) is 4.52. The van der Waals surface area contributed by atoms with E-state index in [1.807, 2.05) is 19.1 Å². The van der Waals surface area contributed by atoms with Crippen molar-refractivity contribution in [1.29, 1.82) is 0 Å². The van der Waals surface area contributed by atoms with Gasteiger partial charge in [0, 0.05) is 5.69 Å². The monoisotopic (exact) mass is 260 g/mol. The van der Waals surface area contributed by atoms with Gasteiger partial charge in [0.1, 0.15) is 0 Å². The molecule has 0 radical (unpaired) electrons. The van der Waals surface area contributed by atoms with Crippen LogP contribution < -0.4 is 10.6 Å². The second kappa shape index (κ2) is 6.33. The van der Waals surface area contributed by atoms with Gasteiger partial charge in [-0.2, -0.15) is 0 Å². The van der Waals surface area contributed by atoms with Gasteiger partial charge in [-0.15, -0.1) is 5.10 Å². The van der Waals surface area contributed by atoms with Crippen molar-refractivity contribution in [2.45, 2.75) is 33.2 Å². The van der Waals surface area contributed by atoms with Crippen LogP contribution >= 0.6 is 0 Å². The molecule has 2 rings (SSSR count). The van der Waals surface area contributed by atoms with Gasteiger partial charge in [0.05, 0.1) is 6.54 Å². The number of benzene rings is 1. The van der Waals surface area contributed by atoms with Crippen molar-refractivity contribution in [2.75, 3.05) is 11.9 Å². The first-order chi connectivity index (χ1) is 9.19. The van der Waals surface area contributed by atoms with Gasteiger partial charge in [-0.1, -0.05) is 38.0 Å². The summed E-state index contributed by atoms with van der Waals surface area (Å²) in [5.74, 6) is 1.08. The molecule has 0 spiro atoms. The number of aromatic nitrogens is 2. The topological polar surface area (TPSA) is 63.0 Å². The Bertz CT molecular complexity index is 522. The molecule has 0 unspecified atom stereocenters. The molecular formula is C14H20N4O. The molecule has 5 nitrogen and oxygen atoms in total. The van der Waals surface area contributed by atoms with Crippen LogP contribution in [0.5, 0.6) is 0 Å². The Morgan fingerprint density at radius 3 is 2.84 bits per heavy atom. The lowest BCUT2D eigenvalue weighted by Gasteiger charge is -2.07. The van der Waals surface area contributed by atoms with Gasteiger partial charge < -0.3 is 15.1 Å². The summed E-state index contributed by atoms with van der Waals surface area (Å²) < 4.78 is 5.49. The van der Waals surface area contributed by atoms with Gasteiger partial charge in [-0.05, 0) is 30.2 Å². The molecule has 0 saturated heterocycles. The van der Waals surface area contributed by atoms with Gasteiger partial charge in [0.2, 0.25) is 5.89 Å². The van der Waals surface area contributed by atoms with Crippen molar-refractivity contribution >= 4 is 11.7 Å². The zero-order chi connectivity index (χ0) is 13.7. The third kappa shape index (κ3) is 3.79. The minimum atomic E-state index is 0.425. The van der Waals surface area contributed by atoms with E-state index in [1.165, 1.54) is 5.56 Å². The van der Waals surface area contributed by atoms with E-state index in [1.54, 1.807) is 0 Å². The lowest BCUT2D eigenvalue weighted by molar-refractivity contribution is 0.484. The van der Waals surface area contributed by atoms with Crippen LogP contribution in [0.25, 0.3) is 0 Å². The fraction of sp³-hybridized carbons (Fsp3) is 0.429. The summed E-state index contributed by atoms with van der Waals surface area (Å²) >= 11 is 0. The molecule has 102 valence electrons. The van der Waals surface area contributed by atoms with Gasteiger partial charge >= 0.3 is 6.01 Å². The van der Waals surface area contributed by atoms with Crippen LogP contribution in [0.3, 0.4) is 0 Å². The van der Waals surface area contributed by atoms with Crippen molar-refractivity contribution in [2.24, 2.45) is 0 Å². The molecular weight excluding hydrogens is 240 g/mol. The third-order valence-corrected chi connectivity index (χ3v) is 2.80. The summed E-state index contributed by atoms with van der Waals surface area (Å²) in [6.07, 6.45) is 0. The van der Waals surface area contributed by atoms with Crippen LogP contribution in [0.1, 0.15) is 38.1 Å². The van der Waals surface area contributed by atoms with Crippen molar-refractivity contribution in [1.82, 2.24) is 15.5 Å². The molecule has 1 heterocycles. The Labute approximate surface area is 113 Å². The summed E-state index contributed by atoms with van der Waals surface area (Å²) in [5, 5.41) is 14.2. The molecule has 5 heteroatoms. The van der Waals surface area contributed by atoms with E-state index in [4.69, 9.17) is 4.42 Å². The van der Waals surface area contributed by atoms with Crippen LogP contribution in [0.4, 0.5) is 11.7 Å². The van der Waals surface area contributed by atoms with E-state index in [0.29, 0.717) is 24.4 Å². The summed E-state index contributed by atoms with van der Waals surface area (Å²) in [6.45, 7) is 7.84. The van der Waals surface area contributed by atoms with Gasteiger partial charge in [0.15, 0.2) is 0 Å². The third-order valence-electron chi connectivity index (χ3n) is 2.80. The number of nitrogens with zero attached hydrogens (tertiary/aromatic N) is 2. The van der Waals surface area contributed by atoms with Crippen LogP contribution in [0.2, 0.25) is 0 Å². The van der Waals surface area contributed by atoms with Crippen molar-refractivity contribution in [3.63, 3.8) is 0 Å². The lowest BCUT2D eigenvalue weighted by Crippen LogP contribution is -2.11. The molecule has 1 aromatic heterocycles. The largest absolute Gasteiger partial charge is 0.406 e. The zero-order valence-corrected chi connectivity index (χ0v) is 11.6. The van der Waals surface area contributed by atoms with Gasteiger partial charge in [-0.25, -0.2) is 0 Å². The van der Waals surface area contributed by atoms with Crippen LogP contribution in [0, 0.1) is 0 Å². The highest BCUT2D eigenvalue weighted by molar-refractivity contribution is 5.53. The first kappa shape index (κ1) is 13.5. The molecule has 0 saturated carbocycles. The average Bonchev–Trinajstić information content (AvgIpc) is 2.84. The predicted octanol–water partition coefficient (Wildman–Crippen LogP) is 3.05. The van der Waals surface area contributed by atoms with Gasteiger partial charge in [-0.3, -0.25) is 0 Å². The highest BCUT2D eigenvalue weighted by atomic mass is 16.4. The summed E-state index contributed by atoms with van der Waals surface area (Å²) in [5.41, 5.74) is 2.24. The first-order valence-electron chi connectivity index (χ1n) is 6.59. The molecule has 0 fully saturated rings. The van der Waals surface area contributed by atoms with Gasteiger partial charge in [0.25, 0.3) is 0 Å². The fourth-order valence-electron chi connectivity index (χ4n) is 1.71. The number of hydrogen-bond donors (Lipinski definition) is 2. The van der Waals surface area contributed by atoms with E-state index in [9.17, 15) is 0 Å². The molecule has 0 aliphatic heterocycles. The Hall–Kier alpha value is -1.88. The van der Waals surface area contributed by atoms with Crippen LogP contribution in [-0.2, 0) is 6.54 Å². The average molecular weight is 260 g/mol. The minimum Gasteiger partial charge on any atom is -0.406 e. The Morgan fingerprint density at radius 2 is 2.11 bits per heavy atom. The molecule has 1 aromatic carbocycles. The Balaban J connectivity index is 2.04. The van der Waals surface area contributed by atoms with E-state index >= 15 is 0 Å². The van der Waals surface area contributed by atoms with Crippen molar-refractivity contribution in [3.05, 3.63) is 35.7 Å². The van der Waals surface area contributed by atoms with E-state index in [2.05, 4.69) is 46.8 Å². The molecule has 0 aliphatic carbocycles. The maximum absolute atomic E-state index is 5.49. The maximum Gasteiger partial charge on any atom is 0.320 e. The highest BCUT2D eigenvalue weighted by Gasteiger charge is 2.06. The molecule has 2 N–H and O–H groups in total. The van der Waals surface area contributed by atoms with Crippen LogP contribution in [0.15, 0.2) is 28.7 Å². The quantitative estimate of drug-likeness (QED) is 0.835. The van der Waals surface area contributed by atoms with E-state index in [0.717, 1.165) is 12.2 Å². The SMILES string of the molecule is CCNCc1nnc(Nc2cccc(C(C)C)c2)o1. The second-order valence-corrected chi connectivity index (χ2v) is 4.69. The minimum absolute atomic E-state index is 0.425. The molecule has 2 aromatic rings. The Morgan fingerprint density at radius 1 is 1.26 bits per heavy atom. The smallest absolute Gasteiger partial charge is 0.320 e. The molecule has 0 aliphatic rings. The number of anilines is 2. The fourth-order valence-corrected chi connectivity index (χ4v) is 1.71. The molecule has 0 bridgehead atoms. The van der Waals surface area contributed by atoms with Crippen molar-refractivity contribution < 1.29 is 4.42 Å². The van der Waals surface area contributed by atoms with Crippen LogP contribution in [-0.4, -0.2) is 16.7 Å². The maximum atomic E-state index is 5.49. The van der Waals surface area contributed by atoms with E-state index < -0.39 is 0 Å².